The highest BCUT2D eigenvalue weighted by Crippen LogP contribution is 2.35. The van der Waals surface area contributed by atoms with Gasteiger partial charge in [-0.25, -0.2) is 0 Å². The van der Waals surface area contributed by atoms with E-state index in [1.54, 1.807) is 42.6 Å². The molecule has 3 fully saturated rings. The number of carbonyl (C=O) groups is 3. The minimum Gasteiger partial charge on any atom is -0.506 e. The molecular weight excluding hydrogens is 832 g/mol. The number of phenolic OH excluding ortho intramolecular Hbond substituents is 1. The molecule has 2 aliphatic carbocycles. The first-order valence-corrected chi connectivity index (χ1v) is 19.7. The van der Waals surface area contributed by atoms with Gasteiger partial charge in [-0.2, -0.15) is 0 Å². The number of halogens is 1. The van der Waals surface area contributed by atoms with Crippen molar-refractivity contribution in [1.82, 2.24) is 15.0 Å². The number of nitro benzene ring substituents is 3. The highest BCUT2D eigenvalue weighted by atomic mass is 35.5. The van der Waals surface area contributed by atoms with Gasteiger partial charge in [0.05, 0.1) is 36.3 Å². The Bertz CT molecular complexity index is 2680. The van der Waals surface area contributed by atoms with Crippen LogP contribution in [0, 0.1) is 30.3 Å². The van der Waals surface area contributed by atoms with Gasteiger partial charge in [-0.3, -0.25) is 59.7 Å². The normalized spacial score (nSPS) is 18.0. The van der Waals surface area contributed by atoms with Crippen LogP contribution >= 0.6 is 11.6 Å². The molecule has 6 aromatic rings. The van der Waals surface area contributed by atoms with E-state index >= 15 is 0 Å². The molecule has 0 radical (unpaired) electrons. The summed E-state index contributed by atoms with van der Waals surface area (Å²) in [5.74, 6) is 0.744. The lowest BCUT2D eigenvalue weighted by molar-refractivity contribution is -0.383. The van der Waals surface area contributed by atoms with Crippen molar-refractivity contribution in [3.63, 3.8) is 0 Å². The van der Waals surface area contributed by atoms with Crippen LogP contribution < -0.4 is 9.47 Å². The molecule has 4 heterocycles. The van der Waals surface area contributed by atoms with Crippen molar-refractivity contribution in [2.75, 3.05) is 0 Å². The number of benzene rings is 3. The second kappa shape index (κ2) is 20.2. The molecule has 0 bridgehead atoms. The number of Topliss-reactive ketones (excluding diaryl/α,β-unsaturated/α-hetero) is 2. The quantitative estimate of drug-likeness (QED) is 0.0682. The molecule has 3 unspecified atom stereocenters. The highest BCUT2D eigenvalue weighted by molar-refractivity contribution is 6.31. The summed E-state index contributed by atoms with van der Waals surface area (Å²) in [6.07, 6.45) is 9.74. The Hall–Kier alpha value is -7.41. The number of ether oxygens (including phenoxy) is 3. The number of esters is 1. The van der Waals surface area contributed by atoms with E-state index in [4.69, 9.17) is 25.8 Å². The zero-order valence-corrected chi connectivity index (χ0v) is 33.4. The number of rotatable bonds is 7. The van der Waals surface area contributed by atoms with E-state index in [0.717, 1.165) is 19.3 Å². The molecular formula is C42H37ClN6O13. The van der Waals surface area contributed by atoms with Crippen molar-refractivity contribution in [3.05, 3.63) is 122 Å². The number of pyridine rings is 3. The molecule has 3 aromatic carbocycles. The largest absolute Gasteiger partial charge is 0.506 e. The molecule has 0 spiro atoms. The third-order valence-corrected chi connectivity index (χ3v) is 10.3. The Morgan fingerprint density at radius 1 is 0.597 bits per heavy atom. The van der Waals surface area contributed by atoms with Crippen LogP contribution in [0.3, 0.4) is 0 Å². The van der Waals surface area contributed by atoms with Gasteiger partial charge in [-0.05, 0) is 86.7 Å². The van der Waals surface area contributed by atoms with Crippen LogP contribution in [0.5, 0.6) is 17.2 Å². The number of non-ortho nitro benzene ring substituents is 3. The highest BCUT2D eigenvalue weighted by Gasteiger charge is 2.28. The molecule has 0 amide bonds. The van der Waals surface area contributed by atoms with Crippen LogP contribution in [0.15, 0.2) is 91.4 Å². The number of cyclic esters (lactones) is 1. The lowest BCUT2D eigenvalue weighted by Gasteiger charge is -2.23. The number of hydrogen-bond donors (Lipinski definition) is 1. The molecule has 1 N–H and O–H groups in total. The van der Waals surface area contributed by atoms with Gasteiger partial charge in [-0.15, -0.1) is 11.6 Å². The van der Waals surface area contributed by atoms with Gasteiger partial charge in [0.15, 0.2) is 23.4 Å². The number of carbonyl (C=O) groups excluding carboxylic acids is 3. The number of nitro groups is 3. The van der Waals surface area contributed by atoms with Crippen LogP contribution in [0.25, 0.3) is 32.7 Å². The summed E-state index contributed by atoms with van der Waals surface area (Å²) in [5.41, 5.74) is 0.951. The molecule has 3 atom stereocenters. The van der Waals surface area contributed by atoms with Gasteiger partial charge in [0.1, 0.15) is 28.0 Å². The summed E-state index contributed by atoms with van der Waals surface area (Å²) in [7, 11) is 0. The van der Waals surface area contributed by atoms with E-state index in [1.807, 2.05) is 0 Å². The summed E-state index contributed by atoms with van der Waals surface area (Å²) in [4.78, 5) is 76.7. The van der Waals surface area contributed by atoms with Crippen LogP contribution in [-0.2, 0) is 19.1 Å². The Labute approximate surface area is 356 Å². The predicted octanol–water partition coefficient (Wildman–Crippen LogP) is 8.41. The van der Waals surface area contributed by atoms with Crippen molar-refractivity contribution in [1.29, 1.82) is 0 Å². The molecule has 3 aromatic heterocycles. The number of nitrogens with zero attached hydrogens (tertiary/aromatic N) is 6. The van der Waals surface area contributed by atoms with E-state index in [0.29, 0.717) is 77.2 Å². The van der Waals surface area contributed by atoms with Gasteiger partial charge < -0.3 is 19.3 Å². The third kappa shape index (κ3) is 10.7. The molecule has 3 aliphatic rings. The number of fused-ring (bicyclic) bond motifs is 3. The number of phenols is 1. The van der Waals surface area contributed by atoms with E-state index in [2.05, 4.69) is 15.0 Å². The molecule has 320 valence electrons. The summed E-state index contributed by atoms with van der Waals surface area (Å²) < 4.78 is 16.4. The molecule has 2 saturated carbocycles. The van der Waals surface area contributed by atoms with Gasteiger partial charge in [0.25, 0.3) is 17.1 Å². The van der Waals surface area contributed by atoms with Gasteiger partial charge in [0, 0.05) is 62.5 Å². The van der Waals surface area contributed by atoms with Crippen molar-refractivity contribution >= 4 is 78.9 Å². The summed E-state index contributed by atoms with van der Waals surface area (Å²) in [6, 6.07) is 17.9. The predicted molar refractivity (Wildman–Crippen MR) is 223 cm³/mol. The molecule has 1 aliphatic heterocycles. The SMILES string of the molecule is O=C1CCCC(Oc2ccc([N+](=O)[O-])c3cccnc23)O1.O=C1CCCC1Cl.O=C1CCCC1Oc1ccc([N+](=O)[O-])c2cccnc12.O=[N+]([O-])c1ccc(O)c2ncccc12. The summed E-state index contributed by atoms with van der Waals surface area (Å²) >= 11 is 5.51. The minimum atomic E-state index is -0.669. The zero-order valence-electron chi connectivity index (χ0n) is 32.7. The van der Waals surface area contributed by atoms with Gasteiger partial charge in [0.2, 0.25) is 6.29 Å². The minimum absolute atomic E-state index is 0.0156. The van der Waals surface area contributed by atoms with Crippen LogP contribution in [0.2, 0.25) is 0 Å². The Kier molecular flexibility index (Phi) is 14.4. The van der Waals surface area contributed by atoms with Gasteiger partial charge in [-0.1, -0.05) is 0 Å². The van der Waals surface area contributed by atoms with Crippen LogP contribution in [-0.4, -0.2) is 70.1 Å². The fourth-order valence-electron chi connectivity index (χ4n) is 6.81. The maximum atomic E-state index is 11.6. The van der Waals surface area contributed by atoms with Crippen molar-refractivity contribution in [3.8, 4) is 17.2 Å². The van der Waals surface area contributed by atoms with Crippen molar-refractivity contribution in [2.24, 2.45) is 0 Å². The fraction of sp³-hybridized carbons (Fsp3) is 0.286. The van der Waals surface area contributed by atoms with E-state index in [-0.39, 0.29) is 51.2 Å². The summed E-state index contributed by atoms with van der Waals surface area (Å²) in [5, 5.41) is 43.0. The Morgan fingerprint density at radius 3 is 1.52 bits per heavy atom. The lowest BCUT2D eigenvalue weighted by Crippen LogP contribution is -2.28. The number of hydrogen-bond acceptors (Lipinski definition) is 16. The second-order valence-electron chi connectivity index (χ2n) is 14.0. The van der Waals surface area contributed by atoms with Crippen LogP contribution in [0.1, 0.15) is 57.8 Å². The molecule has 62 heavy (non-hydrogen) atoms. The number of alkyl halides is 1. The molecule has 1 saturated heterocycles. The first-order valence-electron chi connectivity index (χ1n) is 19.3. The maximum absolute atomic E-state index is 11.6. The summed E-state index contributed by atoms with van der Waals surface area (Å²) in [6.45, 7) is 0. The number of ketones is 2. The molecule has 9 rings (SSSR count). The first-order chi connectivity index (χ1) is 29.8. The lowest BCUT2D eigenvalue weighted by atomic mass is 10.1. The van der Waals surface area contributed by atoms with E-state index in [1.165, 1.54) is 48.8 Å². The Balaban J connectivity index is 0.000000146. The standard InChI is InChI=1S/C14H12N2O5.C14H12N2O4.C9H6N2O3.C5H7ClO/c17-12-4-1-5-13(21-12)20-11-7-6-10(16(18)19)9-3-2-8-15-14(9)11;17-11-4-1-5-12(11)20-13-7-6-10(16(18)19)9-3-2-8-15-14(9)13;12-8-4-3-7(11(13)14)6-2-1-5-10-9(6)8;6-4-2-1-3-5(4)7/h2-3,6-8,13H,1,4-5H2;2-3,6-8,12H,1,4-5H2;1-5,12H;4H,1-3H2. The smallest absolute Gasteiger partial charge is 0.308 e. The van der Waals surface area contributed by atoms with Crippen molar-refractivity contribution < 1.29 is 48.5 Å². The fourth-order valence-corrected chi connectivity index (χ4v) is 7.07. The van der Waals surface area contributed by atoms with Crippen LogP contribution in [0.4, 0.5) is 17.1 Å². The van der Waals surface area contributed by atoms with E-state index in [9.17, 15) is 49.8 Å². The molecule has 20 heteroatoms. The monoisotopic (exact) mass is 868 g/mol. The Morgan fingerprint density at radius 2 is 1.06 bits per heavy atom. The third-order valence-electron chi connectivity index (χ3n) is 9.82. The average Bonchev–Trinajstić information content (AvgIpc) is 3.86. The average molecular weight is 869 g/mol. The van der Waals surface area contributed by atoms with Crippen molar-refractivity contribution in [2.45, 2.75) is 75.6 Å². The zero-order chi connectivity index (χ0) is 44.3. The second-order valence-corrected chi connectivity index (χ2v) is 14.5. The van der Waals surface area contributed by atoms with E-state index < -0.39 is 27.2 Å². The molecule has 19 nitrogen and oxygen atoms in total. The topological polar surface area (TPSA) is 267 Å². The maximum Gasteiger partial charge on any atom is 0.308 e. The number of aromatic hydroxyl groups is 1. The first kappa shape index (κ1) is 44.2. The number of aromatic nitrogens is 3. The van der Waals surface area contributed by atoms with Gasteiger partial charge >= 0.3 is 5.97 Å².